The summed E-state index contributed by atoms with van der Waals surface area (Å²) in [6.45, 7) is 13.4. The van der Waals surface area contributed by atoms with Crippen molar-refractivity contribution in [3.05, 3.63) is 107 Å². The van der Waals surface area contributed by atoms with Gasteiger partial charge in [-0.3, -0.25) is 24.1 Å². The van der Waals surface area contributed by atoms with Crippen LogP contribution in [0.2, 0.25) is 5.02 Å². The number of nitrogens with one attached hydrogen (secondary N) is 2. The van der Waals surface area contributed by atoms with Crippen molar-refractivity contribution in [1.29, 1.82) is 5.26 Å². The second kappa shape index (κ2) is 25.0. The van der Waals surface area contributed by atoms with Crippen LogP contribution in [0.25, 0.3) is 43.2 Å². The van der Waals surface area contributed by atoms with Crippen molar-refractivity contribution in [3.63, 3.8) is 0 Å². The number of aliphatic hydroxyl groups is 1. The van der Waals surface area contributed by atoms with E-state index in [4.69, 9.17) is 26.1 Å². The maximum absolute atomic E-state index is 17.2. The summed E-state index contributed by atoms with van der Waals surface area (Å²) >= 11 is 8.48. The maximum Gasteiger partial charge on any atom is 0.319 e. The maximum atomic E-state index is 17.2. The van der Waals surface area contributed by atoms with Gasteiger partial charge in [0, 0.05) is 63.2 Å². The molecule has 432 valence electrons. The first kappa shape index (κ1) is 59.3. The highest BCUT2D eigenvalue weighted by Crippen LogP contribution is 2.43. The molecule has 9 rings (SSSR count). The van der Waals surface area contributed by atoms with Crippen LogP contribution < -0.4 is 20.3 Å². The molecule has 3 saturated heterocycles. The summed E-state index contributed by atoms with van der Waals surface area (Å²) in [6.07, 6.45) is 0.447. The van der Waals surface area contributed by atoms with Gasteiger partial charge in [0.2, 0.25) is 23.6 Å². The summed E-state index contributed by atoms with van der Waals surface area (Å²) in [7, 11) is 0. The molecule has 22 heteroatoms. The quantitative estimate of drug-likeness (QED) is 0.0598. The SMILES string of the molecule is C=CC(=O)N1CCN(c2nc(OCCN3CCC(F)(COCC(=O)N[C@H](C(=O)N4C[C@H](O)C[C@H]4C(=O)N[C@@H](C)c4ccc(-c5scnc5C)cc4)C(C)(C)C)CC3)nc3c(F)c(-c4cc(O)cc5ccccc45)c(Cl)cc23)C[C@@H]1CC#N. The minimum absolute atomic E-state index is 0.0138. The van der Waals surface area contributed by atoms with Crippen LogP contribution in [0.15, 0.2) is 84.9 Å². The van der Waals surface area contributed by atoms with Gasteiger partial charge in [0.05, 0.1) is 58.4 Å². The van der Waals surface area contributed by atoms with Crippen molar-refractivity contribution >= 4 is 74.1 Å². The van der Waals surface area contributed by atoms with Crippen LogP contribution in [0.4, 0.5) is 14.6 Å². The number of piperidine rings is 1. The van der Waals surface area contributed by atoms with Crippen molar-refractivity contribution in [2.75, 3.05) is 70.5 Å². The highest BCUT2D eigenvalue weighted by Gasteiger charge is 2.45. The molecule has 82 heavy (non-hydrogen) atoms. The van der Waals surface area contributed by atoms with Crippen molar-refractivity contribution in [1.82, 2.24) is 40.3 Å². The van der Waals surface area contributed by atoms with Crippen LogP contribution in [0, 0.1) is 29.5 Å². The number of fused-ring (bicyclic) bond motifs is 2. The molecule has 3 aliphatic rings. The molecule has 4 amide bonds. The third-order valence-corrected chi connectivity index (χ3v) is 16.8. The first-order chi connectivity index (χ1) is 39.1. The molecule has 3 fully saturated rings. The fourth-order valence-electron chi connectivity index (χ4n) is 11.1. The molecule has 4 aromatic carbocycles. The summed E-state index contributed by atoms with van der Waals surface area (Å²) in [5, 5.41) is 38.5. The summed E-state index contributed by atoms with van der Waals surface area (Å²) in [5.41, 5.74) is 2.27. The van der Waals surface area contributed by atoms with E-state index in [1.54, 1.807) is 78.9 Å². The fraction of sp³-hybridized carbons (Fsp3) is 0.433. The highest BCUT2D eigenvalue weighted by atomic mass is 35.5. The van der Waals surface area contributed by atoms with Crippen molar-refractivity contribution in [2.24, 2.45) is 5.41 Å². The number of hydrogen-bond donors (Lipinski definition) is 4. The number of hydrogen-bond acceptors (Lipinski definition) is 15. The van der Waals surface area contributed by atoms with Gasteiger partial charge in [-0.15, -0.1) is 11.3 Å². The van der Waals surface area contributed by atoms with E-state index in [1.165, 1.54) is 17.0 Å². The standard InChI is InChI=1S/C60H67ClF2N10O8S/c1-7-49(77)72-23-22-71(30-40(72)16-19-64)55-45-29-46(61)50(44-27-41(74)26-39-10-8-9-11-43(39)44)51(62)52(45)68-58(69-55)81-25-24-70-20-17-60(63,18-21-70)33-80-32-48(76)67-54(59(4,5)6)57(79)73-31-42(75)28-47(73)56(78)66-35(2)37-12-14-38(15-13-37)53-36(3)65-34-82-53/h7-15,26-27,29,34-35,40,42,47,54,74-75H,1,16-18,20-25,28,30-33H2,2-6H3,(H,66,78)(H,67,76)/t35-,40-,42+,47-,54+/m0/s1. The van der Waals surface area contributed by atoms with Crippen LogP contribution in [-0.2, 0) is 23.9 Å². The molecule has 6 aromatic rings. The van der Waals surface area contributed by atoms with Gasteiger partial charge in [-0.1, -0.05) is 87.5 Å². The van der Waals surface area contributed by atoms with Gasteiger partial charge >= 0.3 is 6.01 Å². The molecule has 2 aromatic heterocycles. The molecule has 0 saturated carbocycles. The van der Waals surface area contributed by atoms with Crippen molar-refractivity contribution < 1.29 is 47.6 Å². The molecule has 18 nitrogen and oxygen atoms in total. The molecule has 0 aliphatic carbocycles. The Hall–Kier alpha value is -7.35. The molecule has 5 atom stereocenters. The molecular formula is C60H67ClF2N10O8S. The first-order valence-corrected chi connectivity index (χ1v) is 28.6. The Balaban J connectivity index is 0.807. The zero-order chi connectivity index (χ0) is 58.6. The Morgan fingerprint density at radius 1 is 1.01 bits per heavy atom. The smallest absolute Gasteiger partial charge is 0.319 e. The number of phenols is 1. The number of aromatic nitrogens is 3. The average Bonchev–Trinajstić information content (AvgIpc) is 4.15. The van der Waals surface area contributed by atoms with Crippen molar-refractivity contribution in [2.45, 2.75) is 96.2 Å². The summed E-state index contributed by atoms with van der Waals surface area (Å²) in [4.78, 5) is 75.7. The number of alkyl halides is 1. The van der Waals surface area contributed by atoms with Gasteiger partial charge in [0.25, 0.3) is 0 Å². The minimum atomic E-state index is -1.76. The largest absolute Gasteiger partial charge is 0.508 e. The van der Waals surface area contributed by atoms with Crippen LogP contribution in [0.5, 0.6) is 11.8 Å². The number of piperazine rings is 1. The number of halogens is 3. The Labute approximate surface area is 483 Å². The van der Waals surface area contributed by atoms with E-state index >= 15 is 8.78 Å². The average molecular weight is 1160 g/mol. The van der Waals surface area contributed by atoms with E-state index in [-0.39, 0.29) is 110 Å². The number of aliphatic hydroxyl groups excluding tert-OH is 1. The lowest BCUT2D eigenvalue weighted by atomic mass is 9.85. The number of aromatic hydroxyl groups is 1. The van der Waals surface area contributed by atoms with E-state index in [2.05, 4.69) is 33.2 Å². The number of nitrogens with zero attached hydrogens (tertiary/aromatic N) is 8. The van der Waals surface area contributed by atoms with Crippen molar-refractivity contribution in [3.8, 4) is 39.4 Å². The monoisotopic (exact) mass is 1160 g/mol. The summed E-state index contributed by atoms with van der Waals surface area (Å²) < 4.78 is 45.4. The second-order valence-electron chi connectivity index (χ2n) is 22.4. The number of benzene rings is 4. The number of ether oxygens (including phenoxy) is 2. The number of nitriles is 1. The molecule has 0 spiro atoms. The van der Waals surface area contributed by atoms with Crippen LogP contribution >= 0.6 is 22.9 Å². The normalized spacial score (nSPS) is 19.2. The number of amides is 4. The fourth-order valence-corrected chi connectivity index (χ4v) is 12.2. The van der Waals surface area contributed by atoms with Crippen LogP contribution in [0.3, 0.4) is 0 Å². The number of likely N-dealkylation sites (tertiary alicyclic amines) is 2. The number of carbonyl (C=O) groups is 4. The Morgan fingerprint density at radius 2 is 1.76 bits per heavy atom. The lowest BCUT2D eigenvalue weighted by Crippen LogP contribution is -2.58. The predicted octanol–water partition coefficient (Wildman–Crippen LogP) is 8.07. The Morgan fingerprint density at radius 3 is 2.45 bits per heavy atom. The number of carbonyl (C=O) groups excluding carboxylic acids is 4. The van der Waals surface area contributed by atoms with Crippen LogP contribution in [-0.4, -0.2) is 159 Å². The molecular weight excluding hydrogens is 1090 g/mol. The number of aryl methyl sites for hydroxylation is 1. The van der Waals surface area contributed by atoms with Gasteiger partial charge in [-0.2, -0.15) is 15.2 Å². The van der Waals surface area contributed by atoms with E-state index < -0.39 is 71.5 Å². The Bertz CT molecular complexity index is 3420. The number of thiazole rings is 1. The zero-order valence-corrected chi connectivity index (χ0v) is 48.0. The molecule has 3 aliphatic heterocycles. The van der Waals surface area contributed by atoms with Gasteiger partial charge in [-0.05, 0) is 83.8 Å². The minimum Gasteiger partial charge on any atom is -0.508 e. The van der Waals surface area contributed by atoms with Gasteiger partial charge in [0.1, 0.15) is 48.1 Å². The number of rotatable bonds is 18. The molecule has 0 unspecified atom stereocenters. The second-order valence-corrected chi connectivity index (χ2v) is 23.7. The van der Waals surface area contributed by atoms with E-state index in [9.17, 15) is 34.7 Å². The molecule has 0 radical (unpaired) electrons. The third kappa shape index (κ3) is 13.1. The summed E-state index contributed by atoms with van der Waals surface area (Å²) in [5.74, 6) is -2.51. The van der Waals surface area contributed by atoms with Crippen LogP contribution in [0.1, 0.15) is 70.7 Å². The molecule has 4 N–H and O–H groups in total. The Kier molecular flexibility index (Phi) is 18.1. The van der Waals surface area contributed by atoms with E-state index in [0.29, 0.717) is 36.0 Å². The van der Waals surface area contributed by atoms with E-state index in [1.807, 2.05) is 47.9 Å². The number of β-amino-alcohol motifs (C(OH)–C–C–N with tert-alkyl or cyclic N) is 1. The van der Waals surface area contributed by atoms with E-state index in [0.717, 1.165) is 21.7 Å². The van der Waals surface area contributed by atoms with Gasteiger partial charge in [0.15, 0.2) is 5.82 Å². The van der Waals surface area contributed by atoms with Gasteiger partial charge in [-0.25, -0.2) is 13.8 Å². The molecule has 0 bridgehead atoms. The highest BCUT2D eigenvalue weighted by molar-refractivity contribution is 7.13. The number of anilines is 1. The number of phenolic OH excluding ortho intramolecular Hbond substituents is 1. The predicted molar refractivity (Wildman–Crippen MR) is 309 cm³/mol. The molecule has 5 heterocycles. The lowest BCUT2D eigenvalue weighted by molar-refractivity contribution is -0.145. The first-order valence-electron chi connectivity index (χ1n) is 27.3. The topological polar surface area (TPSA) is 227 Å². The summed E-state index contributed by atoms with van der Waals surface area (Å²) in [6, 6.07) is 18.6. The third-order valence-electron chi connectivity index (χ3n) is 15.6. The zero-order valence-electron chi connectivity index (χ0n) is 46.5. The van der Waals surface area contributed by atoms with Gasteiger partial charge < -0.3 is 45.0 Å². The lowest BCUT2D eigenvalue weighted by Gasteiger charge is -2.41.